The van der Waals surface area contributed by atoms with E-state index in [1.54, 1.807) is 32.2 Å². The van der Waals surface area contributed by atoms with Crippen LogP contribution in [0.25, 0.3) is 0 Å². The van der Waals surface area contributed by atoms with Crippen LogP contribution >= 0.6 is 11.3 Å². The molecule has 0 saturated carbocycles. The lowest BCUT2D eigenvalue weighted by Gasteiger charge is -2.27. The van der Waals surface area contributed by atoms with Gasteiger partial charge in [-0.2, -0.15) is 8.78 Å². The number of carbonyl (C=O) groups excluding carboxylic acids is 2. The van der Waals surface area contributed by atoms with Crippen molar-refractivity contribution >= 4 is 23.2 Å². The monoisotopic (exact) mass is 305 g/mol. The summed E-state index contributed by atoms with van der Waals surface area (Å²) in [7, 11) is 0. The van der Waals surface area contributed by atoms with Gasteiger partial charge in [-0.25, -0.2) is 4.79 Å². The van der Waals surface area contributed by atoms with Crippen LogP contribution in [-0.4, -0.2) is 23.4 Å². The fourth-order valence-corrected chi connectivity index (χ4v) is 2.24. The van der Waals surface area contributed by atoms with E-state index >= 15 is 0 Å². The summed E-state index contributed by atoms with van der Waals surface area (Å²) in [5.74, 6) is -5.01. The highest BCUT2D eigenvalue weighted by Crippen LogP contribution is 2.34. The predicted molar refractivity (Wildman–Crippen MR) is 72.1 cm³/mol. The molecule has 1 unspecified atom stereocenters. The van der Waals surface area contributed by atoms with Crippen molar-refractivity contribution in [2.45, 2.75) is 45.3 Å². The molecule has 1 rings (SSSR count). The number of hydrogen-bond donors (Lipinski definition) is 1. The van der Waals surface area contributed by atoms with Crippen molar-refractivity contribution in [1.82, 2.24) is 5.32 Å². The van der Waals surface area contributed by atoms with Crippen molar-refractivity contribution in [1.29, 1.82) is 0 Å². The third kappa shape index (κ3) is 4.26. The zero-order valence-electron chi connectivity index (χ0n) is 11.7. The van der Waals surface area contributed by atoms with Gasteiger partial charge in [-0.3, -0.25) is 4.79 Å². The quantitative estimate of drug-likeness (QED) is 0.925. The number of amides is 1. The molecule has 0 spiro atoms. The van der Waals surface area contributed by atoms with E-state index in [2.05, 4.69) is 5.32 Å². The topological polar surface area (TPSA) is 55.4 Å². The van der Waals surface area contributed by atoms with Crippen LogP contribution in [0.1, 0.15) is 38.6 Å². The van der Waals surface area contributed by atoms with Crippen LogP contribution in [0.3, 0.4) is 0 Å². The molecule has 1 aromatic rings. The molecule has 1 N–H and O–H groups in total. The Hall–Kier alpha value is -1.50. The van der Waals surface area contributed by atoms with E-state index in [1.165, 1.54) is 6.07 Å². The highest BCUT2D eigenvalue weighted by Gasteiger charge is 2.47. The van der Waals surface area contributed by atoms with Crippen molar-refractivity contribution in [3.05, 3.63) is 22.4 Å². The maximum atomic E-state index is 14.0. The Morgan fingerprint density at radius 3 is 2.35 bits per heavy atom. The summed E-state index contributed by atoms with van der Waals surface area (Å²) in [5.41, 5.74) is -0.810. The second kappa shape index (κ2) is 5.87. The van der Waals surface area contributed by atoms with Crippen molar-refractivity contribution in [3.63, 3.8) is 0 Å². The zero-order valence-corrected chi connectivity index (χ0v) is 12.5. The van der Waals surface area contributed by atoms with Crippen LogP contribution in [0.2, 0.25) is 0 Å². The molecule has 4 nitrogen and oxygen atoms in total. The molecule has 0 aliphatic carbocycles. The van der Waals surface area contributed by atoms with Gasteiger partial charge in [0.05, 0.1) is 0 Å². The molecule has 0 aliphatic rings. The minimum absolute atomic E-state index is 0.191. The van der Waals surface area contributed by atoms with Gasteiger partial charge in [0.1, 0.15) is 11.6 Å². The molecule has 1 amide bonds. The summed E-state index contributed by atoms with van der Waals surface area (Å²) in [6, 6.07) is 1.28. The number of Topliss-reactive ketones (excluding diaryl/α,β-unsaturated/α-hetero) is 1. The normalized spacial score (nSPS) is 13.7. The van der Waals surface area contributed by atoms with E-state index < -0.39 is 29.4 Å². The van der Waals surface area contributed by atoms with Crippen LogP contribution in [0.15, 0.2) is 17.5 Å². The summed E-state index contributed by atoms with van der Waals surface area (Å²) in [5, 5.41) is 3.67. The first-order valence-electron chi connectivity index (χ1n) is 5.96. The van der Waals surface area contributed by atoms with Gasteiger partial charge in [0, 0.05) is 11.8 Å². The molecular formula is C13H17F2NO3S. The largest absolute Gasteiger partial charge is 0.444 e. The second-order valence-corrected chi connectivity index (χ2v) is 6.25. The summed E-state index contributed by atoms with van der Waals surface area (Å²) < 4.78 is 32.9. The Morgan fingerprint density at radius 2 is 1.95 bits per heavy atom. The molecule has 20 heavy (non-hydrogen) atoms. The molecule has 0 fully saturated rings. The first-order valence-corrected chi connectivity index (χ1v) is 6.84. The van der Waals surface area contributed by atoms with Gasteiger partial charge in [-0.05, 0) is 32.2 Å². The standard InChI is InChI=1S/C13H17F2NO3S/c1-8(17)13(14,15)10(9-6-5-7-20-9)16-11(18)19-12(2,3)4/h5-7,10H,1-4H3,(H,16,18). The molecule has 112 valence electrons. The highest BCUT2D eigenvalue weighted by atomic mass is 32.1. The number of ether oxygens (including phenoxy) is 1. The first-order chi connectivity index (χ1) is 9.04. The Labute approximate surface area is 120 Å². The lowest BCUT2D eigenvalue weighted by molar-refractivity contribution is -0.145. The molecule has 0 aliphatic heterocycles. The number of nitrogens with one attached hydrogen (secondary N) is 1. The minimum atomic E-state index is -3.69. The summed E-state index contributed by atoms with van der Waals surface area (Å²) in [4.78, 5) is 23.0. The Balaban J connectivity index is 2.97. The summed E-state index contributed by atoms with van der Waals surface area (Å²) in [6.07, 6.45) is -0.989. The lowest BCUT2D eigenvalue weighted by Crippen LogP contribution is -2.45. The van der Waals surface area contributed by atoms with Crippen molar-refractivity contribution in [2.75, 3.05) is 0 Å². The molecule has 0 radical (unpaired) electrons. The number of ketones is 1. The number of carbonyl (C=O) groups is 2. The van der Waals surface area contributed by atoms with E-state index in [1.807, 2.05) is 0 Å². The van der Waals surface area contributed by atoms with E-state index in [9.17, 15) is 18.4 Å². The van der Waals surface area contributed by atoms with Crippen molar-refractivity contribution in [2.24, 2.45) is 0 Å². The fourth-order valence-electron chi connectivity index (χ4n) is 1.42. The Bertz CT molecular complexity index is 480. The van der Waals surface area contributed by atoms with Gasteiger partial charge < -0.3 is 10.1 Å². The van der Waals surface area contributed by atoms with Crippen LogP contribution in [-0.2, 0) is 9.53 Å². The summed E-state index contributed by atoms with van der Waals surface area (Å²) in [6.45, 7) is 5.65. The number of thiophene rings is 1. The molecule has 0 saturated heterocycles. The van der Waals surface area contributed by atoms with Gasteiger partial charge in [0.2, 0.25) is 5.78 Å². The SMILES string of the molecule is CC(=O)C(F)(F)C(NC(=O)OC(C)(C)C)c1cccs1. The lowest BCUT2D eigenvalue weighted by atomic mass is 10.1. The molecule has 1 atom stereocenters. The first kappa shape index (κ1) is 16.6. The number of halogens is 2. The third-order valence-electron chi connectivity index (χ3n) is 2.32. The van der Waals surface area contributed by atoms with Crippen LogP contribution in [0.4, 0.5) is 13.6 Å². The van der Waals surface area contributed by atoms with E-state index in [0.29, 0.717) is 0 Å². The van der Waals surface area contributed by atoms with Crippen molar-refractivity contribution < 1.29 is 23.1 Å². The Morgan fingerprint density at radius 1 is 1.35 bits per heavy atom. The van der Waals surface area contributed by atoms with Gasteiger partial charge in [-0.15, -0.1) is 11.3 Å². The molecule has 7 heteroatoms. The van der Waals surface area contributed by atoms with Crippen LogP contribution in [0.5, 0.6) is 0 Å². The van der Waals surface area contributed by atoms with E-state index in [-0.39, 0.29) is 4.88 Å². The molecule has 1 aromatic heterocycles. The van der Waals surface area contributed by atoms with Crippen molar-refractivity contribution in [3.8, 4) is 0 Å². The maximum Gasteiger partial charge on any atom is 0.408 e. The fraction of sp³-hybridized carbons (Fsp3) is 0.538. The van der Waals surface area contributed by atoms with Gasteiger partial charge >= 0.3 is 12.0 Å². The van der Waals surface area contributed by atoms with Gasteiger partial charge in [0.15, 0.2) is 0 Å². The third-order valence-corrected chi connectivity index (χ3v) is 3.26. The Kier molecular flexibility index (Phi) is 4.86. The highest BCUT2D eigenvalue weighted by molar-refractivity contribution is 7.10. The smallest absolute Gasteiger partial charge is 0.408 e. The van der Waals surface area contributed by atoms with Gasteiger partial charge in [0.25, 0.3) is 0 Å². The van der Waals surface area contributed by atoms with Crippen LogP contribution in [0, 0.1) is 0 Å². The molecular weight excluding hydrogens is 288 g/mol. The minimum Gasteiger partial charge on any atom is -0.444 e. The second-order valence-electron chi connectivity index (χ2n) is 5.27. The molecule has 0 aromatic carbocycles. The average Bonchev–Trinajstić information content (AvgIpc) is 2.75. The zero-order chi connectivity index (χ0) is 15.6. The molecule has 1 heterocycles. The van der Waals surface area contributed by atoms with Crippen LogP contribution < -0.4 is 5.32 Å². The predicted octanol–water partition coefficient (Wildman–Crippen LogP) is 3.54. The molecule has 0 bridgehead atoms. The maximum absolute atomic E-state index is 14.0. The number of hydrogen-bond acceptors (Lipinski definition) is 4. The average molecular weight is 305 g/mol. The number of alkyl carbamates (subject to hydrolysis) is 1. The van der Waals surface area contributed by atoms with E-state index in [4.69, 9.17) is 4.74 Å². The van der Waals surface area contributed by atoms with Gasteiger partial charge in [-0.1, -0.05) is 6.07 Å². The summed E-state index contributed by atoms with van der Waals surface area (Å²) >= 11 is 1.03. The number of rotatable bonds is 4. The van der Waals surface area contributed by atoms with E-state index in [0.717, 1.165) is 18.3 Å². The number of alkyl halides is 2.